The number of thiazole rings is 1. The van der Waals surface area contributed by atoms with Crippen LogP contribution in [0, 0.1) is 13.8 Å². The van der Waals surface area contributed by atoms with Crippen molar-refractivity contribution in [2.45, 2.75) is 20.4 Å². The number of nitrogens with two attached hydrogens (primary N) is 1. The second-order valence-electron chi connectivity index (χ2n) is 7.70. The van der Waals surface area contributed by atoms with Crippen molar-refractivity contribution in [2.24, 2.45) is 5.73 Å². The van der Waals surface area contributed by atoms with Gasteiger partial charge in [0.1, 0.15) is 0 Å². The van der Waals surface area contributed by atoms with Crippen molar-refractivity contribution in [1.82, 2.24) is 9.55 Å². The average molecular weight is 463 g/mol. The van der Waals surface area contributed by atoms with Gasteiger partial charge in [0.15, 0.2) is 16.6 Å². The summed E-state index contributed by atoms with van der Waals surface area (Å²) in [6.07, 6.45) is 0. The highest BCUT2D eigenvalue weighted by Gasteiger charge is 2.19. The Bertz CT molecular complexity index is 1290. The van der Waals surface area contributed by atoms with Gasteiger partial charge in [-0.15, -0.1) is 11.3 Å². The summed E-state index contributed by atoms with van der Waals surface area (Å²) in [4.78, 5) is 16.8. The topological polar surface area (TPSA) is 91.4 Å². The maximum Gasteiger partial charge on any atom is 0.250 e. The van der Waals surface area contributed by atoms with E-state index in [-0.39, 0.29) is 0 Å². The molecule has 0 bridgehead atoms. The van der Waals surface area contributed by atoms with E-state index < -0.39 is 5.91 Å². The second kappa shape index (κ2) is 9.38. The third-order valence-electron chi connectivity index (χ3n) is 5.49. The fourth-order valence-electron chi connectivity index (χ4n) is 3.68. The minimum absolute atomic E-state index is 0.465. The number of rotatable bonds is 8. The van der Waals surface area contributed by atoms with Gasteiger partial charge in [-0.1, -0.05) is 23.8 Å². The highest BCUT2D eigenvalue weighted by atomic mass is 32.1. The predicted octanol–water partition coefficient (Wildman–Crippen LogP) is 5.14. The highest BCUT2D eigenvalue weighted by Crippen LogP contribution is 2.33. The van der Waals surface area contributed by atoms with E-state index in [9.17, 15) is 4.79 Å². The zero-order valence-corrected chi connectivity index (χ0v) is 19.8. The molecule has 4 aromatic rings. The van der Waals surface area contributed by atoms with E-state index in [4.69, 9.17) is 20.2 Å². The zero-order valence-electron chi connectivity index (χ0n) is 19.0. The molecule has 170 valence electrons. The molecule has 7 nitrogen and oxygen atoms in total. The normalized spacial score (nSPS) is 10.8. The van der Waals surface area contributed by atoms with Gasteiger partial charge in [0.05, 0.1) is 31.2 Å². The van der Waals surface area contributed by atoms with Crippen LogP contribution in [0.1, 0.15) is 27.2 Å². The number of aromatic nitrogens is 2. The number of carbonyl (C=O) groups excluding carboxylic acids is 1. The molecular weight excluding hydrogens is 436 g/mol. The Labute approximate surface area is 196 Å². The minimum Gasteiger partial charge on any atom is -0.493 e. The Morgan fingerprint density at radius 3 is 2.45 bits per heavy atom. The molecule has 0 saturated heterocycles. The Balaban J connectivity index is 1.69. The fourth-order valence-corrected chi connectivity index (χ4v) is 4.41. The number of aryl methyl sites for hydroxylation is 1. The van der Waals surface area contributed by atoms with Crippen LogP contribution in [0.2, 0.25) is 0 Å². The summed E-state index contributed by atoms with van der Waals surface area (Å²) in [5.74, 6) is 0.845. The van der Waals surface area contributed by atoms with Crippen molar-refractivity contribution in [1.29, 1.82) is 0 Å². The molecule has 0 spiro atoms. The summed E-state index contributed by atoms with van der Waals surface area (Å²) in [6.45, 7) is 4.46. The van der Waals surface area contributed by atoms with Crippen molar-refractivity contribution in [3.05, 3.63) is 76.3 Å². The number of anilines is 2. The molecule has 3 N–H and O–H groups in total. The van der Waals surface area contributed by atoms with Gasteiger partial charge in [-0.3, -0.25) is 4.79 Å². The van der Waals surface area contributed by atoms with Gasteiger partial charge in [-0.2, -0.15) is 0 Å². The maximum atomic E-state index is 12.1. The van der Waals surface area contributed by atoms with Gasteiger partial charge in [-0.05, 0) is 49.7 Å². The molecule has 0 aliphatic rings. The van der Waals surface area contributed by atoms with E-state index in [1.54, 1.807) is 14.2 Å². The lowest BCUT2D eigenvalue weighted by molar-refractivity contribution is 0.0999. The zero-order chi connectivity index (χ0) is 23.5. The lowest BCUT2D eigenvalue weighted by Gasteiger charge is -2.13. The molecule has 2 aromatic carbocycles. The number of hydrogen-bond donors (Lipinski definition) is 2. The van der Waals surface area contributed by atoms with E-state index in [2.05, 4.69) is 12.2 Å². The van der Waals surface area contributed by atoms with Crippen LogP contribution in [-0.2, 0) is 6.54 Å². The van der Waals surface area contributed by atoms with E-state index >= 15 is 0 Å². The molecule has 1 amide bonds. The fraction of sp³-hybridized carbons (Fsp3) is 0.200. The number of ether oxygens (including phenoxy) is 2. The van der Waals surface area contributed by atoms with Crippen molar-refractivity contribution in [3.8, 4) is 22.9 Å². The smallest absolute Gasteiger partial charge is 0.250 e. The summed E-state index contributed by atoms with van der Waals surface area (Å²) >= 11 is 1.50. The van der Waals surface area contributed by atoms with Crippen LogP contribution in [0.5, 0.6) is 11.5 Å². The Morgan fingerprint density at radius 2 is 1.79 bits per heavy atom. The van der Waals surface area contributed by atoms with Gasteiger partial charge >= 0.3 is 0 Å². The van der Waals surface area contributed by atoms with Gasteiger partial charge in [0.25, 0.3) is 5.91 Å². The first kappa shape index (κ1) is 22.4. The molecule has 0 radical (unpaired) electrons. The number of amides is 1. The molecule has 0 saturated carbocycles. The summed E-state index contributed by atoms with van der Waals surface area (Å²) in [5, 5.41) is 6.08. The van der Waals surface area contributed by atoms with Crippen LogP contribution in [0.4, 0.5) is 10.8 Å². The highest BCUT2D eigenvalue weighted by molar-refractivity contribution is 7.14. The monoisotopic (exact) mass is 462 g/mol. The SMILES string of the molecule is COc1ccc(Cn2c(-c3csc(Nc4ccc(C)cc4)n3)cc(C(N)=O)c2C)cc1OC. The number of primary amides is 1. The largest absolute Gasteiger partial charge is 0.493 e. The van der Waals surface area contributed by atoms with Crippen LogP contribution in [-0.4, -0.2) is 29.7 Å². The van der Waals surface area contributed by atoms with Gasteiger partial charge in [-0.25, -0.2) is 4.98 Å². The van der Waals surface area contributed by atoms with E-state index in [1.165, 1.54) is 16.9 Å². The van der Waals surface area contributed by atoms with E-state index in [1.807, 2.05) is 65.4 Å². The number of carbonyl (C=O) groups is 1. The average Bonchev–Trinajstić information content (AvgIpc) is 3.40. The van der Waals surface area contributed by atoms with Gasteiger partial charge in [0, 0.05) is 23.3 Å². The molecule has 0 fully saturated rings. The molecule has 2 aromatic heterocycles. The first-order chi connectivity index (χ1) is 15.9. The van der Waals surface area contributed by atoms with Crippen LogP contribution in [0.3, 0.4) is 0 Å². The molecule has 0 aliphatic heterocycles. The standard InChI is InChI=1S/C25H26N4O3S/c1-15-5-8-18(9-6-15)27-25-28-20(14-33-25)21-12-19(24(26)30)16(2)29(21)13-17-7-10-22(31-3)23(11-17)32-4/h5-12,14H,13H2,1-4H3,(H2,26,30)(H,27,28). The number of methoxy groups -OCH3 is 2. The first-order valence-electron chi connectivity index (χ1n) is 10.4. The summed E-state index contributed by atoms with van der Waals surface area (Å²) in [5.41, 5.74) is 11.7. The number of benzene rings is 2. The minimum atomic E-state index is -0.465. The van der Waals surface area contributed by atoms with Crippen molar-refractivity contribution in [2.75, 3.05) is 19.5 Å². The molecule has 4 rings (SSSR count). The maximum absolute atomic E-state index is 12.1. The van der Waals surface area contributed by atoms with Crippen molar-refractivity contribution >= 4 is 28.1 Å². The van der Waals surface area contributed by atoms with E-state index in [0.29, 0.717) is 23.6 Å². The van der Waals surface area contributed by atoms with Crippen LogP contribution in [0.25, 0.3) is 11.4 Å². The summed E-state index contributed by atoms with van der Waals surface area (Å²) < 4.78 is 12.8. The van der Waals surface area contributed by atoms with Crippen molar-refractivity contribution in [3.63, 3.8) is 0 Å². The van der Waals surface area contributed by atoms with Gasteiger partial charge < -0.3 is 25.1 Å². The Morgan fingerprint density at radius 1 is 1.06 bits per heavy atom. The molecule has 33 heavy (non-hydrogen) atoms. The Kier molecular flexibility index (Phi) is 6.37. The number of nitrogens with one attached hydrogen (secondary N) is 1. The molecule has 2 heterocycles. The third-order valence-corrected chi connectivity index (χ3v) is 6.25. The predicted molar refractivity (Wildman–Crippen MR) is 132 cm³/mol. The van der Waals surface area contributed by atoms with Crippen LogP contribution >= 0.6 is 11.3 Å². The molecule has 0 unspecified atom stereocenters. The molecular formula is C25H26N4O3S. The Hall–Kier alpha value is -3.78. The summed E-state index contributed by atoms with van der Waals surface area (Å²) in [7, 11) is 3.21. The molecule has 0 atom stereocenters. The van der Waals surface area contributed by atoms with Gasteiger partial charge in [0.2, 0.25) is 0 Å². The lowest BCUT2D eigenvalue weighted by Crippen LogP contribution is -2.12. The number of nitrogens with zero attached hydrogens (tertiary/aromatic N) is 2. The quantitative estimate of drug-likeness (QED) is 0.378. The molecule has 8 heteroatoms. The third kappa shape index (κ3) is 4.70. The second-order valence-corrected chi connectivity index (χ2v) is 8.56. The van der Waals surface area contributed by atoms with E-state index in [0.717, 1.165) is 33.5 Å². The first-order valence-corrected chi connectivity index (χ1v) is 11.3. The van der Waals surface area contributed by atoms with Crippen LogP contribution < -0.4 is 20.5 Å². The molecule has 0 aliphatic carbocycles. The van der Waals surface area contributed by atoms with Crippen LogP contribution in [0.15, 0.2) is 53.9 Å². The van der Waals surface area contributed by atoms with Crippen molar-refractivity contribution < 1.29 is 14.3 Å². The number of hydrogen-bond acceptors (Lipinski definition) is 6. The summed E-state index contributed by atoms with van der Waals surface area (Å²) in [6, 6.07) is 15.7. The lowest BCUT2D eigenvalue weighted by atomic mass is 10.2.